The summed E-state index contributed by atoms with van der Waals surface area (Å²) in [6.07, 6.45) is 15.0. The number of aromatic nitrogens is 18. The number of H-pyrrole nitrogens is 9. The quantitative estimate of drug-likeness (QED) is 0.0297. The normalized spacial score (nSPS) is 12.5. The largest absolute Gasteiger partial charge is 0.382 e. The second-order valence-electron chi connectivity index (χ2n) is 23.3. The number of hydrogen-bond donors (Lipinski definition) is 17. The van der Waals surface area contributed by atoms with Crippen molar-refractivity contribution in [3.8, 4) is 0 Å². The Morgan fingerprint density at radius 2 is 0.875 bits per heavy atom. The van der Waals surface area contributed by atoms with E-state index in [1.54, 1.807) is 24.7 Å². The first-order valence-electron chi connectivity index (χ1n) is 32.1. The Bertz CT molecular complexity index is 5470. The predicted octanol–water partition coefficient (Wildman–Crippen LogP) is 13.7. The topological polar surface area (TPSA) is 454 Å². The van der Waals surface area contributed by atoms with E-state index in [4.69, 9.17) is 40.5 Å². The summed E-state index contributed by atoms with van der Waals surface area (Å²) in [6.45, 7) is 0. The smallest absolute Gasteiger partial charge is 0.325 e. The highest BCUT2D eigenvalue weighted by Crippen LogP contribution is 2.42. The van der Waals surface area contributed by atoms with Crippen molar-refractivity contribution in [1.82, 2.24) is 90.6 Å². The Morgan fingerprint density at radius 3 is 1.36 bits per heavy atom. The van der Waals surface area contributed by atoms with E-state index in [1.165, 1.54) is 56.6 Å². The summed E-state index contributed by atoms with van der Waals surface area (Å²) in [4.78, 5) is 88.6. The Balaban J connectivity index is 0.000000125. The van der Waals surface area contributed by atoms with Gasteiger partial charge in [-0.3, -0.25) is 49.8 Å². The summed E-state index contributed by atoms with van der Waals surface area (Å²) < 4.78 is 0.321. The third kappa shape index (κ3) is 21.0. The highest BCUT2D eigenvalue weighted by molar-refractivity contribution is 9.10. The van der Waals surface area contributed by atoms with Gasteiger partial charge in [0, 0.05) is 93.9 Å². The van der Waals surface area contributed by atoms with E-state index < -0.39 is 22.5 Å². The van der Waals surface area contributed by atoms with Gasteiger partial charge < -0.3 is 52.9 Å². The third-order valence-corrected chi connectivity index (χ3v) is 16.5. The van der Waals surface area contributed by atoms with E-state index in [1.807, 2.05) is 157 Å². The van der Waals surface area contributed by atoms with Crippen LogP contribution in [-0.2, 0) is 0 Å². The molecule has 9 heterocycles. The van der Waals surface area contributed by atoms with Crippen molar-refractivity contribution < 1.29 is 0 Å². The van der Waals surface area contributed by atoms with Crippen LogP contribution in [0.1, 0.15) is 73.4 Å². The fourth-order valence-corrected chi connectivity index (χ4v) is 10.4. The fourth-order valence-electron chi connectivity index (χ4n) is 9.66. The highest BCUT2D eigenvalue weighted by atomic mass is 79.9. The molecule has 104 heavy (non-hydrogen) atoms. The minimum absolute atomic E-state index is 0.138. The fraction of sp³-hybridized carbons (Fsp3) is 0.130. The lowest BCUT2D eigenvalue weighted by Crippen LogP contribution is -2.23. The van der Waals surface area contributed by atoms with Crippen LogP contribution in [0.2, 0.25) is 15.7 Å². The van der Waals surface area contributed by atoms with Crippen molar-refractivity contribution in [1.29, 1.82) is 0 Å². The number of nitrogen functional groups attached to an aromatic ring is 1. The molecule has 0 atom stereocenters. The summed E-state index contributed by atoms with van der Waals surface area (Å²) >= 11 is 20.3. The van der Waals surface area contributed by atoms with Gasteiger partial charge in [-0.1, -0.05) is 84.4 Å². The molecule has 31 nitrogen and oxygen atoms in total. The first-order chi connectivity index (χ1) is 50.6. The van der Waals surface area contributed by atoms with E-state index in [9.17, 15) is 24.0 Å². The van der Waals surface area contributed by atoms with E-state index in [0.29, 0.717) is 78.6 Å². The molecule has 17 rings (SSSR count). The van der Waals surface area contributed by atoms with E-state index in [0.717, 1.165) is 57.2 Å². The van der Waals surface area contributed by atoms with Gasteiger partial charge in [-0.25, -0.2) is 29.5 Å². The molecule has 0 spiro atoms. The molecule has 5 aromatic carbocycles. The molecule has 0 bridgehead atoms. The summed E-state index contributed by atoms with van der Waals surface area (Å²) in [7, 11) is 0. The zero-order chi connectivity index (χ0) is 72.3. The maximum atomic E-state index is 11.7. The molecule has 9 aromatic heterocycles. The first-order valence-corrected chi connectivity index (χ1v) is 34.1. The highest BCUT2D eigenvalue weighted by Gasteiger charge is 2.27. The van der Waals surface area contributed by atoms with Crippen LogP contribution in [0.3, 0.4) is 0 Å². The van der Waals surface area contributed by atoms with Crippen molar-refractivity contribution in [2.45, 2.75) is 56.3 Å². The van der Waals surface area contributed by atoms with Crippen LogP contribution in [0.5, 0.6) is 0 Å². The number of halogens is 4. The van der Waals surface area contributed by atoms with Crippen LogP contribution in [0, 0.1) is 0 Å². The SMILES string of the molecule is Clc1ncc(Nc2ccccc2)c(Cl)n1.Clc1ncc(Nc2ccccc2)c(Nc2cc(C3CC3)[nH]n2)n1.Nc1cc(C2CC2)[nH]n1.O=c1[nH][nH]c2cc(Nc3ncc(Nc4ccccc4)c(Nc4cc(C5CC5)[nH]n4)n3)ccc12.O=c1[nH]cc(Br)c(=O)[nH]1.O=c1[nH]cc(Nc2ccccc2)c(=O)[nH]1. The Hall–Kier alpha value is -12.7. The summed E-state index contributed by atoms with van der Waals surface area (Å²) in [5.74, 6) is 5.53. The molecule has 528 valence electrons. The number of nitrogens with one attached hydrogen (secondary N) is 16. The van der Waals surface area contributed by atoms with Crippen molar-refractivity contribution in [3.63, 3.8) is 0 Å². The minimum Gasteiger partial charge on any atom is -0.382 e. The maximum absolute atomic E-state index is 11.7. The molecule has 0 aliphatic heterocycles. The number of para-hydroxylation sites is 4. The molecule has 0 saturated heterocycles. The minimum atomic E-state index is -0.515. The lowest BCUT2D eigenvalue weighted by molar-refractivity contribution is 0.966. The van der Waals surface area contributed by atoms with Crippen LogP contribution < -0.4 is 71.0 Å². The van der Waals surface area contributed by atoms with Crippen molar-refractivity contribution in [2.75, 3.05) is 43.0 Å². The molecular weight excluding hydrogens is 1460 g/mol. The molecule has 3 saturated carbocycles. The second kappa shape index (κ2) is 34.1. The van der Waals surface area contributed by atoms with Gasteiger partial charge in [0.15, 0.2) is 28.4 Å². The van der Waals surface area contributed by atoms with Gasteiger partial charge in [0.1, 0.15) is 22.9 Å². The number of aromatic amines is 9. The standard InChI is InChI=1S/C23H21N9O.C16H15ClN6.C10H7Cl2N3.C10H9N3O2.C6H9N3.C4H3BrN2O2/c33-22-16-9-8-15(10-18(16)30-32-22)26-23-24-12-19(25-14-4-2-1-3-5-14)21(28-23)27-20-11-17(29-31-20)13-6-7-13;17-16-18-9-13(19-11-4-2-1-3-5-11)15(21-16)20-14-8-12(22-23-14)10-6-7-10;11-9-8(6-13-10(12)15-9)14-7-4-2-1-3-5-7;14-9-8(6-11-10(15)13-9)12-7-4-2-1-3-5-7;7-6-3-5(8-9-6)4-1-2-4;5-2-1-6-4(9)7-3(2)8/h1-5,8-13,25H,6-7H2,(H2,30,32,33)(H3,24,26,27,28,29,31);1-5,8-10,19H,6-7H2,(H2,18,20,21,22,23);1-6,14H;1-6,12H,(H2,11,13,14,15);3-4H,1-2H2,(H3,7,8,9);1H,(H2,6,7,8,9). The van der Waals surface area contributed by atoms with Gasteiger partial charge in [-0.2, -0.15) is 25.3 Å². The number of fused-ring (bicyclic) bond motifs is 1. The second-order valence-corrected chi connectivity index (χ2v) is 25.2. The molecule has 3 aliphatic carbocycles. The van der Waals surface area contributed by atoms with Crippen molar-refractivity contribution in [3.05, 3.63) is 278 Å². The van der Waals surface area contributed by atoms with Crippen LogP contribution in [0.15, 0.2) is 217 Å². The zero-order valence-corrected chi connectivity index (χ0v) is 58.4. The van der Waals surface area contributed by atoms with Crippen molar-refractivity contribution >= 4 is 148 Å². The van der Waals surface area contributed by atoms with Crippen LogP contribution >= 0.6 is 50.7 Å². The average Bonchev–Trinajstić information content (AvgIpc) is 1.39. The van der Waals surface area contributed by atoms with Gasteiger partial charge in [0.05, 0.1) is 39.7 Å². The molecule has 0 amide bonds. The molecule has 18 N–H and O–H groups in total. The Morgan fingerprint density at radius 1 is 0.423 bits per heavy atom. The predicted molar refractivity (Wildman–Crippen MR) is 408 cm³/mol. The molecule has 0 radical (unpaired) electrons. The van der Waals surface area contributed by atoms with E-state index in [-0.39, 0.29) is 16.1 Å². The van der Waals surface area contributed by atoms with E-state index >= 15 is 0 Å². The molecule has 35 heteroatoms. The maximum Gasteiger partial charge on any atom is 0.325 e. The number of benzene rings is 5. The van der Waals surface area contributed by atoms with Gasteiger partial charge >= 0.3 is 11.4 Å². The van der Waals surface area contributed by atoms with Gasteiger partial charge in [-0.05, 0) is 144 Å². The monoisotopic (exact) mass is 1520 g/mol. The molecular formula is C69H64BrCl3N26O5. The third-order valence-electron chi connectivity index (χ3n) is 15.3. The molecule has 3 aliphatic rings. The molecule has 3 fully saturated rings. The summed E-state index contributed by atoms with van der Waals surface area (Å²) in [6, 6.07) is 49.9. The first kappa shape index (κ1) is 71.2. The lowest BCUT2D eigenvalue weighted by Gasteiger charge is -2.13. The number of anilines is 15. The van der Waals surface area contributed by atoms with Gasteiger partial charge in [0.2, 0.25) is 16.5 Å². The van der Waals surface area contributed by atoms with Gasteiger partial charge in [0.25, 0.3) is 16.7 Å². The van der Waals surface area contributed by atoms with Crippen LogP contribution in [0.25, 0.3) is 10.9 Å². The van der Waals surface area contributed by atoms with E-state index in [2.05, 4.69) is 139 Å². The Kier molecular flexibility index (Phi) is 23.4. The number of rotatable bonds is 17. The summed E-state index contributed by atoms with van der Waals surface area (Å²) in [5, 5.41) is 50.5. The van der Waals surface area contributed by atoms with Gasteiger partial charge in [-0.15, -0.1) is 0 Å². The molecule has 0 unspecified atom stereocenters. The number of hydrogen-bond acceptors (Lipinski definition) is 22. The summed E-state index contributed by atoms with van der Waals surface area (Å²) in [5.41, 5.74) is 14.3. The Labute approximate surface area is 612 Å². The van der Waals surface area contributed by atoms with Crippen LogP contribution in [-0.4, -0.2) is 90.6 Å². The zero-order valence-electron chi connectivity index (χ0n) is 54.5. The average molecular weight is 1520 g/mol. The van der Waals surface area contributed by atoms with Crippen molar-refractivity contribution in [2.24, 2.45) is 0 Å². The lowest BCUT2D eigenvalue weighted by atomic mass is 10.2. The number of nitrogens with two attached hydrogens (primary N) is 1. The molecule has 14 aromatic rings. The van der Waals surface area contributed by atoms with Crippen LogP contribution in [0.4, 0.5) is 86.2 Å². The number of nitrogens with zero attached hydrogens (tertiary/aromatic N) is 9.